The third-order valence-electron chi connectivity index (χ3n) is 5.56. The lowest BCUT2D eigenvalue weighted by atomic mass is 9.84. The summed E-state index contributed by atoms with van der Waals surface area (Å²) in [6.07, 6.45) is 3.03. The molecular formula is C25H19NO8. The van der Waals surface area contributed by atoms with E-state index in [0.717, 1.165) is 0 Å². The van der Waals surface area contributed by atoms with E-state index in [2.05, 4.69) is 0 Å². The number of Topliss-reactive ketones (excluding diaryl/α,β-unsaturated/α-hetero) is 1. The van der Waals surface area contributed by atoms with Crippen LogP contribution >= 0.6 is 0 Å². The Morgan fingerprint density at radius 3 is 2.74 bits per heavy atom. The predicted molar refractivity (Wildman–Crippen MR) is 118 cm³/mol. The van der Waals surface area contributed by atoms with Gasteiger partial charge in [0.2, 0.25) is 5.78 Å². The van der Waals surface area contributed by atoms with Crippen LogP contribution in [0.15, 0.2) is 58.9 Å². The average molecular weight is 461 g/mol. The smallest absolute Gasteiger partial charge is 0.312 e. The third-order valence-corrected chi connectivity index (χ3v) is 5.56. The molecule has 2 aliphatic rings. The zero-order chi connectivity index (χ0) is 23.8. The van der Waals surface area contributed by atoms with Crippen molar-refractivity contribution in [1.82, 2.24) is 0 Å². The van der Waals surface area contributed by atoms with E-state index in [1.165, 1.54) is 19.4 Å². The van der Waals surface area contributed by atoms with Crippen LogP contribution in [0.1, 0.15) is 39.6 Å². The van der Waals surface area contributed by atoms with E-state index in [1.54, 1.807) is 42.5 Å². The topological polar surface area (TPSA) is 127 Å². The Morgan fingerprint density at radius 2 is 2.00 bits per heavy atom. The zero-order valence-corrected chi connectivity index (χ0v) is 18.0. The van der Waals surface area contributed by atoms with E-state index in [4.69, 9.17) is 29.1 Å². The lowest BCUT2D eigenvalue weighted by molar-refractivity contribution is -0.135. The Balaban J connectivity index is 1.59. The number of ketones is 1. The largest absolute Gasteiger partial charge is 0.493 e. The molecular weight excluding hydrogens is 442 g/mol. The van der Waals surface area contributed by atoms with Crippen LogP contribution < -0.4 is 24.7 Å². The standard InChI is InChI=1S/C25H19NO8/c1-30-17-6-4-13(9-19(17)32-12-21(26)27)16-11-22(28)33-18-7-5-15-24(29)20(34-25(15)23(16)18)10-14-3-2-8-31-14/h2-10,16H,11-12H2,1H3,(H2,26,27)/b20-10-/t16-/m0/s1. The van der Waals surface area contributed by atoms with Gasteiger partial charge < -0.3 is 29.1 Å². The number of hydrogen-bond acceptors (Lipinski definition) is 8. The van der Waals surface area contributed by atoms with Crippen molar-refractivity contribution in [2.75, 3.05) is 13.7 Å². The molecule has 172 valence electrons. The van der Waals surface area contributed by atoms with Gasteiger partial charge in [0.15, 0.2) is 23.9 Å². The van der Waals surface area contributed by atoms with E-state index in [-0.39, 0.29) is 24.6 Å². The molecule has 0 aliphatic carbocycles. The van der Waals surface area contributed by atoms with Gasteiger partial charge in [-0.25, -0.2) is 0 Å². The molecule has 9 heteroatoms. The number of fused-ring (bicyclic) bond motifs is 3. The quantitative estimate of drug-likeness (QED) is 0.337. The van der Waals surface area contributed by atoms with Crippen molar-refractivity contribution in [2.45, 2.75) is 12.3 Å². The van der Waals surface area contributed by atoms with Crippen molar-refractivity contribution in [3.8, 4) is 23.0 Å². The molecule has 1 atom stereocenters. The fourth-order valence-electron chi connectivity index (χ4n) is 4.07. The molecule has 34 heavy (non-hydrogen) atoms. The predicted octanol–water partition coefficient (Wildman–Crippen LogP) is 3.21. The van der Waals surface area contributed by atoms with Crippen LogP contribution in [0.4, 0.5) is 0 Å². The maximum atomic E-state index is 13.0. The molecule has 0 unspecified atom stereocenters. The molecule has 3 heterocycles. The summed E-state index contributed by atoms with van der Waals surface area (Å²) in [6, 6.07) is 11.7. The van der Waals surface area contributed by atoms with Crippen LogP contribution in [0, 0.1) is 0 Å². The number of esters is 1. The van der Waals surface area contributed by atoms with E-state index in [9.17, 15) is 14.4 Å². The molecule has 3 aromatic rings. The minimum Gasteiger partial charge on any atom is -0.493 e. The molecule has 0 spiro atoms. The normalized spacial score (nSPS) is 17.6. The molecule has 1 aromatic heterocycles. The van der Waals surface area contributed by atoms with Crippen LogP contribution in [0.25, 0.3) is 6.08 Å². The maximum Gasteiger partial charge on any atom is 0.312 e. The highest BCUT2D eigenvalue weighted by molar-refractivity contribution is 6.15. The molecule has 5 rings (SSSR count). The lowest BCUT2D eigenvalue weighted by Gasteiger charge is -2.26. The molecule has 0 saturated heterocycles. The Labute approximate surface area is 193 Å². The Morgan fingerprint density at radius 1 is 1.15 bits per heavy atom. The second-order valence-electron chi connectivity index (χ2n) is 7.71. The monoisotopic (exact) mass is 461 g/mol. The Hall–Kier alpha value is -4.53. The van der Waals surface area contributed by atoms with E-state index in [0.29, 0.717) is 45.4 Å². The molecule has 2 aliphatic heterocycles. The minimum atomic E-state index is -0.639. The highest BCUT2D eigenvalue weighted by atomic mass is 16.5. The summed E-state index contributed by atoms with van der Waals surface area (Å²) in [5, 5.41) is 0. The first-order chi connectivity index (χ1) is 16.4. The fourth-order valence-corrected chi connectivity index (χ4v) is 4.07. The number of amides is 1. The number of primary amides is 1. The number of ether oxygens (including phenoxy) is 4. The summed E-state index contributed by atoms with van der Waals surface area (Å²) in [5.74, 6) is 0.0422. The fraction of sp³-hybridized carbons (Fsp3) is 0.160. The van der Waals surface area contributed by atoms with Crippen molar-refractivity contribution >= 4 is 23.7 Å². The second-order valence-corrected chi connectivity index (χ2v) is 7.71. The van der Waals surface area contributed by atoms with Crippen molar-refractivity contribution in [2.24, 2.45) is 5.73 Å². The second kappa shape index (κ2) is 8.43. The maximum absolute atomic E-state index is 13.0. The molecule has 2 aromatic carbocycles. The first kappa shape index (κ1) is 21.3. The van der Waals surface area contributed by atoms with Crippen LogP contribution in [0.5, 0.6) is 23.0 Å². The number of benzene rings is 2. The summed E-state index contributed by atoms with van der Waals surface area (Å²) < 4.78 is 27.5. The third kappa shape index (κ3) is 3.77. The van der Waals surface area contributed by atoms with Gasteiger partial charge in [-0.3, -0.25) is 14.4 Å². The van der Waals surface area contributed by atoms with Crippen molar-refractivity contribution in [3.05, 3.63) is 76.9 Å². The van der Waals surface area contributed by atoms with Gasteiger partial charge in [0.25, 0.3) is 5.91 Å². The van der Waals surface area contributed by atoms with E-state index in [1.807, 2.05) is 0 Å². The van der Waals surface area contributed by atoms with Crippen molar-refractivity contribution in [3.63, 3.8) is 0 Å². The van der Waals surface area contributed by atoms with Crippen LogP contribution in [-0.2, 0) is 9.59 Å². The number of allylic oxidation sites excluding steroid dienone is 1. The van der Waals surface area contributed by atoms with Crippen molar-refractivity contribution < 1.29 is 37.7 Å². The van der Waals surface area contributed by atoms with Gasteiger partial charge in [0.05, 0.1) is 25.4 Å². The molecule has 0 bridgehead atoms. The van der Waals surface area contributed by atoms with Gasteiger partial charge in [-0.2, -0.15) is 0 Å². The molecule has 2 N–H and O–H groups in total. The van der Waals surface area contributed by atoms with Gasteiger partial charge in [-0.05, 0) is 42.0 Å². The van der Waals surface area contributed by atoms with Gasteiger partial charge in [0.1, 0.15) is 17.3 Å². The van der Waals surface area contributed by atoms with Crippen molar-refractivity contribution in [1.29, 1.82) is 0 Å². The minimum absolute atomic E-state index is 0.0137. The summed E-state index contributed by atoms with van der Waals surface area (Å²) in [7, 11) is 1.47. The molecule has 0 fully saturated rings. The SMILES string of the molecule is COc1ccc([C@@H]2CC(=O)Oc3ccc4c(c32)O/C(=C\c2ccco2)C4=O)cc1OCC(N)=O. The molecule has 1 amide bonds. The number of carbonyl (C=O) groups excluding carboxylic acids is 3. The number of nitrogens with two attached hydrogens (primary N) is 1. The average Bonchev–Trinajstić information content (AvgIpc) is 3.45. The Kier molecular flexibility index (Phi) is 5.29. The van der Waals surface area contributed by atoms with E-state index >= 15 is 0 Å². The Bertz CT molecular complexity index is 1340. The lowest BCUT2D eigenvalue weighted by Crippen LogP contribution is -2.22. The first-order valence-corrected chi connectivity index (χ1v) is 10.4. The van der Waals surface area contributed by atoms with Gasteiger partial charge in [0, 0.05) is 17.6 Å². The van der Waals surface area contributed by atoms with Crippen LogP contribution in [0.2, 0.25) is 0 Å². The summed E-state index contributed by atoms with van der Waals surface area (Å²) in [6.45, 7) is -0.336. The summed E-state index contributed by atoms with van der Waals surface area (Å²) in [4.78, 5) is 36.6. The molecule has 0 radical (unpaired) electrons. The number of carbonyl (C=O) groups is 3. The van der Waals surface area contributed by atoms with E-state index < -0.39 is 17.8 Å². The highest BCUT2D eigenvalue weighted by Gasteiger charge is 2.38. The van der Waals surface area contributed by atoms with Gasteiger partial charge in [-0.15, -0.1) is 0 Å². The first-order valence-electron chi connectivity index (χ1n) is 10.4. The van der Waals surface area contributed by atoms with Crippen LogP contribution in [-0.4, -0.2) is 31.4 Å². The highest BCUT2D eigenvalue weighted by Crippen LogP contribution is 2.49. The number of rotatable bonds is 6. The van der Waals surface area contributed by atoms with Crippen LogP contribution in [0.3, 0.4) is 0 Å². The number of hydrogen-bond donors (Lipinski definition) is 1. The summed E-state index contributed by atoms with van der Waals surface area (Å²) in [5.41, 5.74) is 6.82. The van der Waals surface area contributed by atoms with Gasteiger partial charge >= 0.3 is 5.97 Å². The number of methoxy groups -OCH3 is 1. The molecule has 9 nitrogen and oxygen atoms in total. The van der Waals surface area contributed by atoms with Gasteiger partial charge in [-0.1, -0.05) is 6.07 Å². The summed E-state index contributed by atoms with van der Waals surface area (Å²) >= 11 is 0. The zero-order valence-electron chi connectivity index (χ0n) is 18.0. The molecule has 0 saturated carbocycles. The number of furan rings is 1.